The Hall–Kier alpha value is -0.960. The predicted octanol–water partition coefficient (Wildman–Crippen LogP) is 1.11. The Labute approximate surface area is 138 Å². The molecule has 0 bridgehead atoms. The summed E-state index contributed by atoms with van der Waals surface area (Å²) in [6.45, 7) is 3.65. The lowest BCUT2D eigenvalue weighted by Gasteiger charge is -2.21. The molecule has 2 atom stereocenters. The van der Waals surface area contributed by atoms with Gasteiger partial charge in [0.1, 0.15) is 0 Å². The highest BCUT2D eigenvalue weighted by Crippen LogP contribution is 2.29. The molecule has 0 radical (unpaired) electrons. The Morgan fingerprint density at radius 3 is 2.30 bits per heavy atom. The Balaban J connectivity index is 2.46. The van der Waals surface area contributed by atoms with Gasteiger partial charge in [0.25, 0.3) is 0 Å². The van der Waals surface area contributed by atoms with E-state index in [1.165, 1.54) is 19.1 Å². The number of hydrogen-bond donors (Lipinski definition) is 2. The Morgan fingerprint density at radius 1 is 1.13 bits per heavy atom. The van der Waals surface area contributed by atoms with Gasteiger partial charge in [0.05, 0.1) is 9.79 Å². The number of sulfone groups is 1. The van der Waals surface area contributed by atoms with Crippen LogP contribution in [-0.4, -0.2) is 35.7 Å². The molecule has 6 nitrogen and oxygen atoms in total. The van der Waals surface area contributed by atoms with E-state index < -0.39 is 19.9 Å². The monoisotopic (exact) mass is 360 g/mol. The normalized spacial score (nSPS) is 22.4. The predicted molar refractivity (Wildman–Crippen MR) is 89.5 cm³/mol. The van der Waals surface area contributed by atoms with Crippen LogP contribution in [-0.2, 0) is 19.9 Å². The summed E-state index contributed by atoms with van der Waals surface area (Å²) in [5.41, 5.74) is 6.56. The van der Waals surface area contributed by atoms with E-state index in [2.05, 4.69) is 4.72 Å². The average Bonchev–Trinajstić information content (AvgIpc) is 2.86. The molecule has 1 aliphatic rings. The van der Waals surface area contributed by atoms with Crippen molar-refractivity contribution in [2.75, 3.05) is 12.8 Å². The minimum Gasteiger partial charge on any atom is -0.330 e. The number of nitrogens with one attached hydrogen (secondary N) is 1. The van der Waals surface area contributed by atoms with Crippen LogP contribution in [0, 0.1) is 19.8 Å². The maximum Gasteiger partial charge on any atom is 0.241 e. The van der Waals surface area contributed by atoms with Crippen LogP contribution in [0.2, 0.25) is 0 Å². The molecular weight excluding hydrogens is 336 g/mol. The Kier molecular flexibility index (Phi) is 5.20. The zero-order chi connectivity index (χ0) is 17.4. The first-order chi connectivity index (χ1) is 10.6. The summed E-state index contributed by atoms with van der Waals surface area (Å²) in [6.07, 6.45) is 3.69. The van der Waals surface area contributed by atoms with Crippen LogP contribution in [0.4, 0.5) is 0 Å². The van der Waals surface area contributed by atoms with Crippen LogP contribution >= 0.6 is 0 Å². The molecule has 3 N–H and O–H groups in total. The van der Waals surface area contributed by atoms with Crippen LogP contribution in [0.1, 0.15) is 30.4 Å². The second-order valence-electron chi connectivity index (χ2n) is 6.31. The molecule has 0 spiro atoms. The van der Waals surface area contributed by atoms with Crippen molar-refractivity contribution in [3.63, 3.8) is 0 Å². The fraction of sp³-hybridized carbons (Fsp3) is 0.600. The molecule has 8 heteroatoms. The van der Waals surface area contributed by atoms with Crippen LogP contribution in [0.15, 0.2) is 21.9 Å². The minimum absolute atomic E-state index is 0.0283. The molecule has 130 valence electrons. The lowest BCUT2D eigenvalue weighted by Crippen LogP contribution is -2.40. The molecule has 23 heavy (non-hydrogen) atoms. The van der Waals surface area contributed by atoms with Crippen molar-refractivity contribution < 1.29 is 16.8 Å². The molecular formula is C15H24N2O4S2. The maximum atomic E-state index is 12.8. The molecule has 0 aliphatic heterocycles. The van der Waals surface area contributed by atoms with Gasteiger partial charge in [-0.2, -0.15) is 0 Å². The molecule has 1 aromatic rings. The second kappa shape index (κ2) is 6.51. The highest BCUT2D eigenvalue weighted by Gasteiger charge is 2.32. The van der Waals surface area contributed by atoms with Crippen molar-refractivity contribution in [2.24, 2.45) is 11.7 Å². The Morgan fingerprint density at radius 2 is 1.74 bits per heavy atom. The molecule has 0 unspecified atom stereocenters. The molecule has 0 aromatic heterocycles. The van der Waals surface area contributed by atoms with Gasteiger partial charge in [-0.05, 0) is 62.4 Å². The van der Waals surface area contributed by atoms with Gasteiger partial charge < -0.3 is 5.73 Å². The smallest absolute Gasteiger partial charge is 0.241 e. The molecule has 1 fully saturated rings. The fourth-order valence-corrected chi connectivity index (χ4v) is 6.01. The average molecular weight is 361 g/mol. The third-order valence-corrected chi connectivity index (χ3v) is 7.25. The summed E-state index contributed by atoms with van der Waals surface area (Å²) in [5.74, 6) is 0.129. The molecule has 0 heterocycles. The third-order valence-electron chi connectivity index (χ3n) is 4.41. The Bertz CT molecular complexity index is 801. The van der Waals surface area contributed by atoms with E-state index >= 15 is 0 Å². The van der Waals surface area contributed by atoms with Crippen LogP contribution in [0.5, 0.6) is 0 Å². The molecule has 2 rings (SSSR count). The number of aryl methyl sites for hydroxylation is 1. The van der Waals surface area contributed by atoms with Crippen molar-refractivity contribution in [3.05, 3.63) is 23.3 Å². The SMILES string of the molecule is Cc1cc(S(C)(=O)=O)c(C)c(S(=O)(=O)N[C@@H]2CCC[C@@H]2CN)c1. The number of sulfonamides is 1. The molecule has 0 amide bonds. The van der Waals surface area contributed by atoms with Gasteiger partial charge >= 0.3 is 0 Å². The minimum atomic E-state index is -3.79. The van der Waals surface area contributed by atoms with Gasteiger partial charge in [-0.3, -0.25) is 0 Å². The van der Waals surface area contributed by atoms with Gasteiger partial charge in [0.2, 0.25) is 10.0 Å². The summed E-state index contributed by atoms with van der Waals surface area (Å²) in [7, 11) is -7.29. The first-order valence-electron chi connectivity index (χ1n) is 7.60. The molecule has 1 saturated carbocycles. The largest absolute Gasteiger partial charge is 0.330 e. The first kappa shape index (κ1) is 18.4. The van der Waals surface area contributed by atoms with Gasteiger partial charge in [-0.15, -0.1) is 0 Å². The van der Waals surface area contributed by atoms with E-state index in [0.717, 1.165) is 25.5 Å². The van der Waals surface area contributed by atoms with Crippen LogP contribution in [0.3, 0.4) is 0 Å². The standard InChI is InChI=1S/C15H24N2O4S2/c1-10-7-14(22(3,18)19)11(2)15(8-10)23(20,21)17-13-6-4-5-12(13)9-16/h7-8,12-13,17H,4-6,9,16H2,1-3H3/t12-,13-/m1/s1. The van der Waals surface area contributed by atoms with Gasteiger partial charge in [0, 0.05) is 12.3 Å². The fourth-order valence-electron chi connectivity index (χ4n) is 3.19. The van der Waals surface area contributed by atoms with Crippen LogP contribution < -0.4 is 10.5 Å². The van der Waals surface area contributed by atoms with Gasteiger partial charge in [0.15, 0.2) is 9.84 Å². The zero-order valence-electron chi connectivity index (χ0n) is 13.7. The number of benzene rings is 1. The van der Waals surface area contributed by atoms with E-state index in [0.29, 0.717) is 12.1 Å². The van der Waals surface area contributed by atoms with Crippen molar-refractivity contribution in [2.45, 2.75) is 48.9 Å². The van der Waals surface area contributed by atoms with Gasteiger partial charge in [-0.25, -0.2) is 21.6 Å². The van der Waals surface area contributed by atoms with Crippen molar-refractivity contribution >= 4 is 19.9 Å². The summed E-state index contributed by atoms with van der Waals surface area (Å²) in [6, 6.07) is 2.83. The topological polar surface area (TPSA) is 106 Å². The maximum absolute atomic E-state index is 12.8. The number of rotatable bonds is 5. The molecule has 0 saturated heterocycles. The number of nitrogens with two attached hydrogens (primary N) is 1. The second-order valence-corrected chi connectivity index (χ2v) is 9.98. The quantitative estimate of drug-likeness (QED) is 0.818. The van der Waals surface area contributed by atoms with E-state index in [-0.39, 0.29) is 27.3 Å². The van der Waals surface area contributed by atoms with Crippen molar-refractivity contribution in [1.82, 2.24) is 4.72 Å². The van der Waals surface area contributed by atoms with E-state index in [4.69, 9.17) is 5.73 Å². The summed E-state index contributed by atoms with van der Waals surface area (Å²) >= 11 is 0. The van der Waals surface area contributed by atoms with E-state index in [1.54, 1.807) is 6.92 Å². The molecule has 1 aliphatic carbocycles. The lowest BCUT2D eigenvalue weighted by molar-refractivity contribution is 0.452. The first-order valence-corrected chi connectivity index (χ1v) is 11.0. The highest BCUT2D eigenvalue weighted by atomic mass is 32.2. The van der Waals surface area contributed by atoms with Gasteiger partial charge in [-0.1, -0.05) is 6.42 Å². The number of hydrogen-bond acceptors (Lipinski definition) is 5. The zero-order valence-corrected chi connectivity index (χ0v) is 15.3. The summed E-state index contributed by atoms with van der Waals surface area (Å²) in [5, 5.41) is 0. The van der Waals surface area contributed by atoms with Crippen molar-refractivity contribution in [3.8, 4) is 0 Å². The summed E-state index contributed by atoms with van der Waals surface area (Å²) in [4.78, 5) is 0.0836. The van der Waals surface area contributed by atoms with E-state index in [9.17, 15) is 16.8 Å². The van der Waals surface area contributed by atoms with Crippen molar-refractivity contribution in [1.29, 1.82) is 0 Å². The highest BCUT2D eigenvalue weighted by molar-refractivity contribution is 7.91. The summed E-state index contributed by atoms with van der Waals surface area (Å²) < 4.78 is 52.0. The molecule has 1 aromatic carbocycles. The van der Waals surface area contributed by atoms with Crippen LogP contribution in [0.25, 0.3) is 0 Å². The third kappa shape index (κ3) is 3.93. The lowest BCUT2D eigenvalue weighted by atomic mass is 10.1. The van der Waals surface area contributed by atoms with E-state index in [1.807, 2.05) is 0 Å².